The fraction of sp³-hybridized carbons (Fsp3) is 0.524. The molecule has 3 N–H and O–H groups in total. The largest absolute Gasteiger partial charge is 0.435 e. The highest BCUT2D eigenvalue weighted by atomic mass is 19.3. The van der Waals surface area contributed by atoms with Crippen LogP contribution in [0.3, 0.4) is 0 Å². The molecule has 1 atom stereocenters. The van der Waals surface area contributed by atoms with Crippen molar-refractivity contribution in [3.63, 3.8) is 0 Å². The maximum Gasteiger partial charge on any atom is 0.387 e. The smallest absolute Gasteiger partial charge is 0.387 e. The number of hydrogen-bond acceptors (Lipinski definition) is 5. The van der Waals surface area contributed by atoms with Gasteiger partial charge in [-0.15, -0.1) is 0 Å². The molecule has 1 unspecified atom stereocenters. The normalized spacial score (nSPS) is 13.0. The first-order valence-corrected chi connectivity index (χ1v) is 10.2. The number of guanidine groups is 1. The second kappa shape index (κ2) is 12.1. The number of aliphatic hydroxyl groups is 1. The average Bonchev–Trinajstić information content (AvgIpc) is 3.19. The standard InChI is InChI=1S/C21H30F2N4O3/c1-4-14(5-2)18-11-17(30-27-18)12-25-21(24-6-3)26-13-19(28)15-7-9-16(10-8-15)29-20(22)23/h7-11,14,19-20,28H,4-6,12-13H2,1-3H3,(H2,24,25,26). The Morgan fingerprint density at radius 1 is 1.17 bits per heavy atom. The Labute approximate surface area is 175 Å². The first kappa shape index (κ1) is 23.6. The van der Waals surface area contributed by atoms with Gasteiger partial charge in [-0.3, -0.25) is 0 Å². The number of ether oxygens (including phenoxy) is 1. The SMILES string of the molecule is CCNC(=NCc1cc(C(CC)CC)no1)NCC(O)c1ccc(OC(F)F)cc1. The van der Waals surface area contributed by atoms with E-state index in [1.807, 2.05) is 13.0 Å². The first-order valence-electron chi connectivity index (χ1n) is 10.2. The fourth-order valence-corrected chi connectivity index (χ4v) is 2.98. The lowest BCUT2D eigenvalue weighted by molar-refractivity contribution is -0.0498. The molecule has 0 saturated heterocycles. The van der Waals surface area contributed by atoms with Gasteiger partial charge in [-0.1, -0.05) is 31.1 Å². The highest BCUT2D eigenvalue weighted by Gasteiger charge is 2.13. The summed E-state index contributed by atoms with van der Waals surface area (Å²) >= 11 is 0. The van der Waals surface area contributed by atoms with Gasteiger partial charge in [0.1, 0.15) is 12.3 Å². The van der Waals surface area contributed by atoms with Gasteiger partial charge in [0, 0.05) is 25.1 Å². The van der Waals surface area contributed by atoms with Crippen LogP contribution in [0.4, 0.5) is 8.78 Å². The summed E-state index contributed by atoms with van der Waals surface area (Å²) < 4.78 is 34.1. The van der Waals surface area contributed by atoms with Crippen LogP contribution in [0.25, 0.3) is 0 Å². The number of aromatic nitrogens is 1. The summed E-state index contributed by atoms with van der Waals surface area (Å²) in [6, 6.07) is 7.81. The summed E-state index contributed by atoms with van der Waals surface area (Å²) in [4.78, 5) is 4.47. The van der Waals surface area contributed by atoms with E-state index in [9.17, 15) is 13.9 Å². The van der Waals surface area contributed by atoms with Gasteiger partial charge in [-0.2, -0.15) is 8.78 Å². The number of aliphatic imine (C=N–C) groups is 1. The Kier molecular flexibility index (Phi) is 9.53. The molecule has 2 rings (SSSR count). The zero-order chi connectivity index (χ0) is 21.9. The predicted octanol–water partition coefficient (Wildman–Crippen LogP) is 3.97. The van der Waals surface area contributed by atoms with Gasteiger partial charge >= 0.3 is 6.61 Å². The minimum absolute atomic E-state index is 0.0450. The van der Waals surface area contributed by atoms with Crippen LogP contribution in [0.2, 0.25) is 0 Å². The Hall–Kier alpha value is -2.68. The summed E-state index contributed by atoms with van der Waals surface area (Å²) in [6.07, 6.45) is 1.16. The molecule has 0 aliphatic heterocycles. The van der Waals surface area contributed by atoms with Crippen LogP contribution in [-0.4, -0.2) is 35.9 Å². The summed E-state index contributed by atoms with van der Waals surface area (Å²) in [6.45, 7) is 4.47. The lowest BCUT2D eigenvalue weighted by Crippen LogP contribution is -2.39. The molecule has 9 heteroatoms. The Balaban J connectivity index is 1.93. The van der Waals surface area contributed by atoms with Crippen LogP contribution in [0.15, 0.2) is 39.8 Å². The van der Waals surface area contributed by atoms with Crippen LogP contribution in [-0.2, 0) is 6.54 Å². The van der Waals surface area contributed by atoms with E-state index in [0.29, 0.717) is 36.3 Å². The van der Waals surface area contributed by atoms with Gasteiger partial charge in [0.2, 0.25) is 0 Å². The summed E-state index contributed by atoms with van der Waals surface area (Å²) in [5, 5.41) is 20.7. The number of nitrogens with zero attached hydrogens (tertiary/aromatic N) is 2. The van der Waals surface area contributed by atoms with Crippen LogP contribution >= 0.6 is 0 Å². The van der Waals surface area contributed by atoms with E-state index in [4.69, 9.17) is 4.52 Å². The quantitative estimate of drug-likeness (QED) is 0.373. The molecule has 1 aromatic heterocycles. The maximum atomic E-state index is 12.2. The molecule has 7 nitrogen and oxygen atoms in total. The predicted molar refractivity (Wildman–Crippen MR) is 111 cm³/mol. The van der Waals surface area contributed by atoms with Gasteiger partial charge in [0.05, 0.1) is 11.8 Å². The molecular formula is C21H30F2N4O3. The zero-order valence-electron chi connectivity index (χ0n) is 17.6. The number of benzene rings is 1. The van der Waals surface area contributed by atoms with Crippen molar-refractivity contribution in [2.75, 3.05) is 13.1 Å². The van der Waals surface area contributed by atoms with Crippen LogP contribution in [0.5, 0.6) is 5.75 Å². The van der Waals surface area contributed by atoms with Crippen molar-refractivity contribution in [1.82, 2.24) is 15.8 Å². The van der Waals surface area contributed by atoms with E-state index < -0.39 is 12.7 Å². The Bertz CT molecular complexity index is 777. The minimum Gasteiger partial charge on any atom is -0.435 e. The molecule has 1 heterocycles. The maximum absolute atomic E-state index is 12.2. The van der Waals surface area contributed by atoms with Crippen molar-refractivity contribution in [3.05, 3.63) is 47.3 Å². The van der Waals surface area contributed by atoms with E-state index in [2.05, 4.69) is 39.4 Å². The molecule has 2 aromatic rings. The fourth-order valence-electron chi connectivity index (χ4n) is 2.98. The van der Waals surface area contributed by atoms with Gasteiger partial charge in [-0.25, -0.2) is 4.99 Å². The van der Waals surface area contributed by atoms with Gasteiger partial charge in [-0.05, 0) is 37.5 Å². The van der Waals surface area contributed by atoms with Crippen molar-refractivity contribution in [2.24, 2.45) is 4.99 Å². The monoisotopic (exact) mass is 424 g/mol. The highest BCUT2D eigenvalue weighted by Crippen LogP contribution is 2.22. The van der Waals surface area contributed by atoms with E-state index in [-0.39, 0.29) is 12.3 Å². The van der Waals surface area contributed by atoms with Crippen molar-refractivity contribution < 1.29 is 23.1 Å². The van der Waals surface area contributed by atoms with Crippen molar-refractivity contribution >= 4 is 5.96 Å². The van der Waals surface area contributed by atoms with Crippen molar-refractivity contribution in [3.8, 4) is 5.75 Å². The Morgan fingerprint density at radius 3 is 2.47 bits per heavy atom. The second-order valence-corrected chi connectivity index (χ2v) is 6.77. The molecule has 0 amide bonds. The molecule has 0 radical (unpaired) electrons. The molecule has 166 valence electrons. The minimum atomic E-state index is -2.88. The highest BCUT2D eigenvalue weighted by molar-refractivity contribution is 5.79. The zero-order valence-corrected chi connectivity index (χ0v) is 17.6. The third kappa shape index (κ3) is 7.29. The molecule has 30 heavy (non-hydrogen) atoms. The third-order valence-corrected chi connectivity index (χ3v) is 4.67. The summed E-state index contributed by atoms with van der Waals surface area (Å²) in [7, 11) is 0. The lowest BCUT2D eigenvalue weighted by Gasteiger charge is -2.15. The molecule has 0 saturated carbocycles. The second-order valence-electron chi connectivity index (χ2n) is 6.77. The lowest BCUT2D eigenvalue weighted by atomic mass is 9.99. The topological polar surface area (TPSA) is 91.9 Å². The Morgan fingerprint density at radius 2 is 1.87 bits per heavy atom. The molecule has 1 aromatic carbocycles. The number of rotatable bonds is 11. The molecule has 0 spiro atoms. The number of halogens is 2. The van der Waals surface area contributed by atoms with Gasteiger partial charge in [0.15, 0.2) is 11.7 Å². The number of aliphatic hydroxyl groups excluding tert-OH is 1. The molecule has 0 aliphatic rings. The first-order chi connectivity index (χ1) is 14.5. The van der Waals surface area contributed by atoms with Gasteiger partial charge in [0.25, 0.3) is 0 Å². The summed E-state index contributed by atoms with van der Waals surface area (Å²) in [5.41, 5.74) is 1.52. The summed E-state index contributed by atoms with van der Waals surface area (Å²) in [5.74, 6) is 1.62. The van der Waals surface area contributed by atoms with E-state index in [1.165, 1.54) is 12.1 Å². The van der Waals surface area contributed by atoms with E-state index >= 15 is 0 Å². The van der Waals surface area contributed by atoms with Crippen LogP contribution in [0, 0.1) is 0 Å². The van der Waals surface area contributed by atoms with E-state index in [1.54, 1.807) is 12.1 Å². The van der Waals surface area contributed by atoms with Gasteiger partial charge < -0.3 is 25.0 Å². The molecule has 0 aliphatic carbocycles. The average molecular weight is 424 g/mol. The van der Waals surface area contributed by atoms with E-state index in [0.717, 1.165) is 18.5 Å². The van der Waals surface area contributed by atoms with Crippen LogP contribution < -0.4 is 15.4 Å². The molecule has 0 bridgehead atoms. The van der Waals surface area contributed by atoms with Crippen molar-refractivity contribution in [2.45, 2.75) is 58.8 Å². The van der Waals surface area contributed by atoms with Crippen molar-refractivity contribution in [1.29, 1.82) is 0 Å². The number of nitrogens with one attached hydrogen (secondary N) is 2. The molecule has 0 fully saturated rings. The van der Waals surface area contributed by atoms with Crippen LogP contribution in [0.1, 0.15) is 62.7 Å². The number of alkyl halides is 2. The number of hydrogen-bond donors (Lipinski definition) is 3. The third-order valence-electron chi connectivity index (χ3n) is 4.67. The molecular weight excluding hydrogens is 394 g/mol.